The number of hydrogen-bond donors (Lipinski definition) is 1. The quantitative estimate of drug-likeness (QED) is 0.748. The fourth-order valence-electron chi connectivity index (χ4n) is 3.82. The molecule has 0 atom stereocenters. The molecular weight excluding hydrogens is 430 g/mol. The highest BCUT2D eigenvalue weighted by molar-refractivity contribution is 6.45. The number of halogens is 1. The fourth-order valence-corrected chi connectivity index (χ4v) is 4.01. The number of aromatic nitrogens is 1. The van der Waals surface area contributed by atoms with Gasteiger partial charge in [0, 0.05) is 49.1 Å². The van der Waals surface area contributed by atoms with E-state index >= 15 is 0 Å². The largest absolute Gasteiger partial charge is 0.495 e. The van der Waals surface area contributed by atoms with Gasteiger partial charge in [0.05, 0.1) is 30.9 Å². The van der Waals surface area contributed by atoms with Gasteiger partial charge in [-0.3, -0.25) is 19.6 Å². The van der Waals surface area contributed by atoms with Crippen molar-refractivity contribution in [2.45, 2.75) is 13.0 Å². The summed E-state index contributed by atoms with van der Waals surface area (Å²) in [6.45, 7) is 2.07. The molecule has 9 heteroatoms. The van der Waals surface area contributed by atoms with E-state index < -0.39 is 0 Å². The third kappa shape index (κ3) is 4.45. The van der Waals surface area contributed by atoms with E-state index in [9.17, 15) is 9.59 Å². The Balaban J connectivity index is 1.52. The summed E-state index contributed by atoms with van der Waals surface area (Å²) in [6.07, 6.45) is 2.17. The summed E-state index contributed by atoms with van der Waals surface area (Å²) in [4.78, 5) is 38.5. The van der Waals surface area contributed by atoms with Crippen LogP contribution < -0.4 is 10.5 Å². The molecule has 1 aromatic heterocycles. The molecule has 0 unspecified atom stereocenters. The Morgan fingerprint density at radius 3 is 2.84 bits per heavy atom. The van der Waals surface area contributed by atoms with Gasteiger partial charge >= 0.3 is 0 Å². The van der Waals surface area contributed by atoms with Crippen molar-refractivity contribution in [3.63, 3.8) is 0 Å². The molecule has 0 aliphatic carbocycles. The SMILES string of the molecule is COc1cc(C(=O)N2CCC(N)=C(C3=NCCN(Cc4ccccn4)C3=O)C2)ccc1Cl. The average Bonchev–Trinajstić information content (AvgIpc) is 2.81. The summed E-state index contributed by atoms with van der Waals surface area (Å²) in [5.41, 5.74) is 9.08. The normalized spacial score (nSPS) is 16.8. The summed E-state index contributed by atoms with van der Waals surface area (Å²) in [6, 6.07) is 10.5. The smallest absolute Gasteiger partial charge is 0.272 e. The molecule has 2 amide bonds. The van der Waals surface area contributed by atoms with Crippen molar-refractivity contribution in [2.24, 2.45) is 10.7 Å². The summed E-state index contributed by atoms with van der Waals surface area (Å²) < 4.78 is 5.22. The lowest BCUT2D eigenvalue weighted by molar-refractivity contribution is -0.125. The number of methoxy groups -OCH3 is 1. The minimum atomic E-state index is -0.192. The van der Waals surface area contributed by atoms with E-state index in [1.54, 1.807) is 34.2 Å². The number of aliphatic imine (C=N–C) groups is 1. The third-order valence-corrected chi connectivity index (χ3v) is 5.88. The van der Waals surface area contributed by atoms with Gasteiger partial charge in [-0.15, -0.1) is 0 Å². The lowest BCUT2D eigenvalue weighted by Crippen LogP contribution is -2.47. The van der Waals surface area contributed by atoms with Crippen LogP contribution in [0.5, 0.6) is 5.75 Å². The summed E-state index contributed by atoms with van der Waals surface area (Å²) >= 11 is 6.08. The van der Waals surface area contributed by atoms with Gasteiger partial charge in [-0.2, -0.15) is 0 Å². The zero-order valence-corrected chi connectivity index (χ0v) is 18.5. The monoisotopic (exact) mass is 453 g/mol. The van der Waals surface area contributed by atoms with Crippen LogP contribution in [0.15, 0.2) is 58.9 Å². The van der Waals surface area contributed by atoms with Gasteiger partial charge < -0.3 is 20.3 Å². The molecule has 32 heavy (non-hydrogen) atoms. The van der Waals surface area contributed by atoms with E-state index in [0.29, 0.717) is 65.9 Å². The molecule has 166 valence electrons. The molecule has 2 N–H and O–H groups in total. The van der Waals surface area contributed by atoms with Crippen molar-refractivity contribution in [2.75, 3.05) is 33.3 Å². The average molecular weight is 454 g/mol. The van der Waals surface area contributed by atoms with Crippen molar-refractivity contribution < 1.29 is 14.3 Å². The molecule has 2 aliphatic rings. The van der Waals surface area contributed by atoms with Gasteiger partial charge in [0.15, 0.2) is 0 Å². The number of amides is 2. The predicted octanol–water partition coefficient (Wildman–Crippen LogP) is 2.29. The van der Waals surface area contributed by atoms with Crippen molar-refractivity contribution in [1.82, 2.24) is 14.8 Å². The number of pyridine rings is 1. The van der Waals surface area contributed by atoms with Gasteiger partial charge in [-0.1, -0.05) is 17.7 Å². The van der Waals surface area contributed by atoms with Crippen molar-refractivity contribution >= 4 is 29.1 Å². The zero-order valence-electron chi connectivity index (χ0n) is 17.8. The zero-order chi connectivity index (χ0) is 22.7. The number of nitrogens with two attached hydrogens (primary N) is 1. The highest BCUT2D eigenvalue weighted by Crippen LogP contribution is 2.27. The van der Waals surface area contributed by atoms with E-state index in [-0.39, 0.29) is 18.4 Å². The van der Waals surface area contributed by atoms with Crippen LogP contribution in [0.2, 0.25) is 5.02 Å². The topological polar surface area (TPSA) is 101 Å². The molecule has 0 saturated heterocycles. The molecule has 0 bridgehead atoms. The summed E-state index contributed by atoms with van der Waals surface area (Å²) in [7, 11) is 1.50. The van der Waals surface area contributed by atoms with Gasteiger partial charge in [0.2, 0.25) is 0 Å². The van der Waals surface area contributed by atoms with Crippen LogP contribution in [0, 0.1) is 0 Å². The minimum absolute atomic E-state index is 0.181. The first kappa shape index (κ1) is 21.8. The van der Waals surface area contributed by atoms with E-state index in [1.807, 2.05) is 18.2 Å². The van der Waals surface area contributed by atoms with Crippen LogP contribution in [0.1, 0.15) is 22.5 Å². The van der Waals surface area contributed by atoms with Crippen molar-refractivity contribution in [3.8, 4) is 5.75 Å². The summed E-state index contributed by atoms with van der Waals surface area (Å²) in [5, 5.41) is 0.433. The Bertz CT molecular complexity index is 1100. The highest BCUT2D eigenvalue weighted by atomic mass is 35.5. The highest BCUT2D eigenvalue weighted by Gasteiger charge is 2.32. The molecule has 0 spiro atoms. The predicted molar refractivity (Wildman–Crippen MR) is 122 cm³/mol. The first-order chi connectivity index (χ1) is 15.5. The number of carbonyl (C=O) groups is 2. The Labute approximate surface area is 191 Å². The molecule has 2 aromatic rings. The summed E-state index contributed by atoms with van der Waals surface area (Å²) in [5.74, 6) is 0.0586. The minimum Gasteiger partial charge on any atom is -0.495 e. The van der Waals surface area contributed by atoms with E-state index in [1.165, 1.54) is 7.11 Å². The molecule has 0 saturated carbocycles. The number of carbonyl (C=O) groups excluding carboxylic acids is 2. The first-order valence-corrected chi connectivity index (χ1v) is 10.7. The molecule has 1 aromatic carbocycles. The maximum atomic E-state index is 13.2. The van der Waals surface area contributed by atoms with Crippen LogP contribution in [-0.2, 0) is 11.3 Å². The standard InChI is InChI=1S/C23H24ClN5O3/c1-32-20-12-15(5-6-18(20)24)22(30)28-10-7-19(25)17(14-28)21-23(31)29(11-9-27-21)13-16-4-2-3-8-26-16/h2-6,8,12H,7,9-11,13-14,25H2,1H3. The fraction of sp³-hybridized carbons (Fsp3) is 0.304. The van der Waals surface area contributed by atoms with Crippen LogP contribution in [0.3, 0.4) is 0 Å². The first-order valence-electron chi connectivity index (χ1n) is 10.3. The van der Waals surface area contributed by atoms with Crippen LogP contribution >= 0.6 is 11.6 Å². The molecular formula is C23H24ClN5O3. The van der Waals surface area contributed by atoms with Gasteiger partial charge in [-0.25, -0.2) is 0 Å². The van der Waals surface area contributed by atoms with Crippen molar-refractivity contribution in [3.05, 3.63) is 70.1 Å². The molecule has 4 rings (SSSR count). The maximum Gasteiger partial charge on any atom is 0.272 e. The van der Waals surface area contributed by atoms with Crippen LogP contribution in [0.4, 0.5) is 0 Å². The third-order valence-electron chi connectivity index (χ3n) is 5.57. The van der Waals surface area contributed by atoms with E-state index in [0.717, 1.165) is 5.69 Å². The number of rotatable bonds is 5. The van der Waals surface area contributed by atoms with Gasteiger partial charge in [-0.05, 0) is 30.3 Å². The number of benzene rings is 1. The second-order valence-electron chi connectivity index (χ2n) is 7.61. The lowest BCUT2D eigenvalue weighted by atomic mass is 9.98. The Morgan fingerprint density at radius 2 is 2.09 bits per heavy atom. The number of nitrogens with zero attached hydrogens (tertiary/aromatic N) is 4. The second-order valence-corrected chi connectivity index (χ2v) is 8.02. The Kier molecular flexibility index (Phi) is 6.41. The maximum absolute atomic E-state index is 13.2. The molecule has 2 aliphatic heterocycles. The molecule has 8 nitrogen and oxygen atoms in total. The number of hydrogen-bond acceptors (Lipinski definition) is 6. The number of ether oxygens (including phenoxy) is 1. The Morgan fingerprint density at radius 1 is 1.25 bits per heavy atom. The second kappa shape index (κ2) is 9.40. The van der Waals surface area contributed by atoms with Gasteiger partial charge in [0.1, 0.15) is 11.5 Å². The Hall–Kier alpha value is -3.39. The van der Waals surface area contributed by atoms with E-state index in [2.05, 4.69) is 9.98 Å². The van der Waals surface area contributed by atoms with Crippen LogP contribution in [-0.4, -0.2) is 65.6 Å². The van der Waals surface area contributed by atoms with Crippen LogP contribution in [0.25, 0.3) is 0 Å². The molecule has 0 fully saturated rings. The van der Waals surface area contributed by atoms with E-state index in [4.69, 9.17) is 22.1 Å². The molecule has 0 radical (unpaired) electrons. The lowest BCUT2D eigenvalue weighted by Gasteiger charge is -2.33. The molecule has 3 heterocycles. The van der Waals surface area contributed by atoms with Gasteiger partial charge in [0.25, 0.3) is 11.8 Å². The van der Waals surface area contributed by atoms with Crippen molar-refractivity contribution in [1.29, 1.82) is 0 Å².